The first-order chi connectivity index (χ1) is 13.9. The smallest absolute Gasteiger partial charge is 0.216 e. The predicted octanol–water partition coefficient (Wildman–Crippen LogP) is 3.79. The van der Waals surface area contributed by atoms with Crippen LogP contribution in [0.3, 0.4) is 0 Å². The number of methoxy groups -OCH3 is 1. The van der Waals surface area contributed by atoms with Gasteiger partial charge in [0, 0.05) is 24.4 Å². The van der Waals surface area contributed by atoms with E-state index < -0.39 is 0 Å². The zero-order valence-corrected chi connectivity index (χ0v) is 17.3. The number of nitrogens with one attached hydrogen (secondary N) is 2. The molecule has 1 aromatic heterocycles. The topological polar surface area (TPSA) is 111 Å². The lowest BCUT2D eigenvalue weighted by Crippen LogP contribution is -2.25. The highest BCUT2D eigenvalue weighted by Gasteiger charge is 2.13. The number of aromatic nitrogens is 2. The van der Waals surface area contributed by atoms with Gasteiger partial charge < -0.3 is 25.8 Å². The van der Waals surface area contributed by atoms with E-state index in [-0.39, 0.29) is 12.5 Å². The molecular weight excluding hydrogens is 417 g/mol. The van der Waals surface area contributed by atoms with Crippen molar-refractivity contribution in [2.75, 3.05) is 31.3 Å². The molecule has 152 valence electrons. The van der Waals surface area contributed by atoms with Gasteiger partial charge in [-0.1, -0.05) is 23.2 Å². The summed E-state index contributed by atoms with van der Waals surface area (Å²) in [6.07, 6.45) is 1.42. The molecule has 0 radical (unpaired) electrons. The van der Waals surface area contributed by atoms with Crippen LogP contribution in [0.5, 0.6) is 11.5 Å². The Morgan fingerprint density at radius 1 is 1.14 bits per heavy atom. The Hall–Kier alpha value is -2.97. The van der Waals surface area contributed by atoms with Crippen LogP contribution in [0.4, 0.5) is 17.2 Å². The Kier molecular flexibility index (Phi) is 6.46. The zero-order chi connectivity index (χ0) is 21.0. The second-order valence-electron chi connectivity index (χ2n) is 6.05. The highest BCUT2D eigenvalue weighted by atomic mass is 35.5. The van der Waals surface area contributed by atoms with Gasteiger partial charge in [0.05, 0.1) is 40.6 Å². The molecule has 0 aliphatic carbocycles. The summed E-state index contributed by atoms with van der Waals surface area (Å²) in [6, 6.07) is 6.70. The number of nitrogens with zero attached hydrogens (tertiary/aromatic N) is 2. The minimum Gasteiger partial charge on any atom is -0.495 e. The first-order valence-electron chi connectivity index (χ1n) is 8.60. The fourth-order valence-corrected chi connectivity index (χ4v) is 3.13. The maximum absolute atomic E-state index is 10.9. The minimum absolute atomic E-state index is 0.124. The number of carbonyl (C=O) groups is 1. The Balaban J connectivity index is 1.88. The average Bonchev–Trinajstić information content (AvgIpc) is 2.68. The average molecular weight is 436 g/mol. The predicted molar refractivity (Wildman–Crippen MR) is 114 cm³/mol. The molecule has 1 heterocycles. The second-order valence-corrected chi connectivity index (χ2v) is 6.87. The molecule has 0 spiro atoms. The molecule has 3 rings (SSSR count). The van der Waals surface area contributed by atoms with Crippen LogP contribution >= 0.6 is 23.2 Å². The van der Waals surface area contributed by atoms with Crippen molar-refractivity contribution in [3.8, 4) is 11.5 Å². The van der Waals surface area contributed by atoms with Crippen LogP contribution in [0, 0.1) is 0 Å². The van der Waals surface area contributed by atoms with Crippen molar-refractivity contribution in [1.82, 2.24) is 15.3 Å². The number of benzene rings is 2. The van der Waals surface area contributed by atoms with Crippen LogP contribution in [0.15, 0.2) is 30.6 Å². The molecule has 0 bridgehead atoms. The number of nitrogen functional groups attached to an aromatic ring is 1. The number of halogens is 2. The van der Waals surface area contributed by atoms with E-state index in [1.54, 1.807) is 24.3 Å². The molecule has 0 fully saturated rings. The minimum atomic E-state index is -0.124. The van der Waals surface area contributed by atoms with Crippen LogP contribution in [-0.2, 0) is 4.79 Å². The van der Waals surface area contributed by atoms with Crippen molar-refractivity contribution >= 4 is 57.2 Å². The molecule has 4 N–H and O–H groups in total. The Morgan fingerprint density at radius 3 is 2.66 bits per heavy atom. The summed E-state index contributed by atoms with van der Waals surface area (Å²) < 4.78 is 10.9. The van der Waals surface area contributed by atoms with E-state index >= 15 is 0 Å². The Labute approximate surface area is 177 Å². The van der Waals surface area contributed by atoms with Gasteiger partial charge in [-0.3, -0.25) is 4.79 Å². The maximum Gasteiger partial charge on any atom is 0.216 e. The van der Waals surface area contributed by atoms with E-state index in [0.717, 1.165) is 0 Å². The van der Waals surface area contributed by atoms with E-state index in [1.165, 1.54) is 20.4 Å². The summed E-state index contributed by atoms with van der Waals surface area (Å²) >= 11 is 12.4. The number of nitrogens with two attached hydrogens (primary N) is 1. The number of ether oxygens (including phenoxy) is 2. The maximum atomic E-state index is 10.9. The summed E-state index contributed by atoms with van der Waals surface area (Å²) in [5.41, 5.74) is 7.74. The number of amides is 1. The standard InChI is InChI=1S/C19H19Cl2N5O3/c1-10(27)23-3-4-29-18-7-15-11(5-14(18)22)19(25-9-24-15)26-16-8-17(28-2)13(21)6-12(16)20/h5-9H,3-4,22H2,1-2H3,(H,23,27)(H,24,25,26). The Bertz CT molecular complexity index is 1060. The number of hydrogen-bond acceptors (Lipinski definition) is 7. The van der Waals surface area contributed by atoms with Gasteiger partial charge in [-0.15, -0.1) is 0 Å². The van der Waals surface area contributed by atoms with E-state index in [1.807, 2.05) is 0 Å². The van der Waals surface area contributed by atoms with Gasteiger partial charge in [-0.05, 0) is 12.1 Å². The van der Waals surface area contributed by atoms with Gasteiger partial charge >= 0.3 is 0 Å². The molecule has 3 aromatic rings. The van der Waals surface area contributed by atoms with Gasteiger partial charge in [0.1, 0.15) is 30.3 Å². The van der Waals surface area contributed by atoms with Gasteiger partial charge in [0.2, 0.25) is 5.91 Å². The molecule has 1 amide bonds. The number of rotatable bonds is 7. The highest BCUT2D eigenvalue weighted by Crippen LogP contribution is 2.37. The first kappa shape index (κ1) is 20.8. The molecule has 2 aromatic carbocycles. The van der Waals surface area contributed by atoms with E-state index in [2.05, 4.69) is 20.6 Å². The molecule has 29 heavy (non-hydrogen) atoms. The van der Waals surface area contributed by atoms with Crippen molar-refractivity contribution in [3.63, 3.8) is 0 Å². The van der Waals surface area contributed by atoms with Gasteiger partial charge in [-0.25, -0.2) is 9.97 Å². The third-order valence-corrected chi connectivity index (χ3v) is 4.60. The number of hydrogen-bond donors (Lipinski definition) is 3. The van der Waals surface area contributed by atoms with E-state index in [4.69, 9.17) is 38.4 Å². The SMILES string of the molecule is COc1cc(Nc2ncnc3cc(OCCNC(C)=O)c(N)cc23)c(Cl)cc1Cl. The molecule has 0 saturated heterocycles. The lowest BCUT2D eigenvalue weighted by atomic mass is 10.2. The van der Waals surface area contributed by atoms with Crippen molar-refractivity contribution in [2.24, 2.45) is 0 Å². The van der Waals surface area contributed by atoms with Crippen molar-refractivity contribution in [3.05, 3.63) is 40.6 Å². The highest BCUT2D eigenvalue weighted by molar-refractivity contribution is 6.37. The molecule has 8 nitrogen and oxygen atoms in total. The van der Waals surface area contributed by atoms with Crippen LogP contribution < -0.4 is 25.8 Å². The number of anilines is 3. The zero-order valence-electron chi connectivity index (χ0n) is 15.8. The van der Waals surface area contributed by atoms with Crippen molar-refractivity contribution in [2.45, 2.75) is 6.92 Å². The summed E-state index contributed by atoms with van der Waals surface area (Å²) in [5.74, 6) is 1.34. The molecule has 0 unspecified atom stereocenters. The normalized spacial score (nSPS) is 10.6. The fourth-order valence-electron chi connectivity index (χ4n) is 2.62. The third kappa shape index (κ3) is 4.90. The van der Waals surface area contributed by atoms with Crippen LogP contribution in [0.1, 0.15) is 6.92 Å². The Morgan fingerprint density at radius 2 is 1.93 bits per heavy atom. The molecule has 10 heteroatoms. The summed E-state index contributed by atoms with van der Waals surface area (Å²) in [4.78, 5) is 19.5. The van der Waals surface area contributed by atoms with Gasteiger partial charge in [-0.2, -0.15) is 0 Å². The van der Waals surface area contributed by atoms with Crippen LogP contribution in [0.2, 0.25) is 10.0 Å². The lowest BCUT2D eigenvalue weighted by molar-refractivity contribution is -0.119. The van der Waals surface area contributed by atoms with Crippen LogP contribution in [0.25, 0.3) is 10.9 Å². The molecule has 0 atom stereocenters. The summed E-state index contributed by atoms with van der Waals surface area (Å²) in [7, 11) is 1.52. The lowest BCUT2D eigenvalue weighted by Gasteiger charge is -2.14. The van der Waals surface area contributed by atoms with Crippen molar-refractivity contribution in [1.29, 1.82) is 0 Å². The summed E-state index contributed by atoms with van der Waals surface area (Å²) in [6.45, 7) is 2.10. The van der Waals surface area contributed by atoms with Crippen molar-refractivity contribution < 1.29 is 14.3 Å². The number of fused-ring (bicyclic) bond motifs is 1. The molecular formula is C19H19Cl2N5O3. The fraction of sp³-hybridized carbons (Fsp3) is 0.211. The van der Waals surface area contributed by atoms with E-state index in [9.17, 15) is 4.79 Å². The second kappa shape index (κ2) is 9.02. The monoisotopic (exact) mass is 435 g/mol. The number of carbonyl (C=O) groups excluding carboxylic acids is 1. The van der Waals surface area contributed by atoms with Gasteiger partial charge in [0.25, 0.3) is 0 Å². The third-order valence-electron chi connectivity index (χ3n) is 4.00. The molecule has 0 aliphatic rings. The van der Waals surface area contributed by atoms with Crippen LogP contribution in [-0.4, -0.2) is 36.1 Å². The first-order valence-corrected chi connectivity index (χ1v) is 9.36. The van der Waals surface area contributed by atoms with Gasteiger partial charge in [0.15, 0.2) is 0 Å². The van der Waals surface area contributed by atoms with E-state index in [0.29, 0.717) is 56.2 Å². The quantitative estimate of drug-likeness (QED) is 0.382. The summed E-state index contributed by atoms with van der Waals surface area (Å²) in [5, 5.41) is 7.32. The molecule has 0 aliphatic heterocycles. The molecule has 0 saturated carbocycles. The largest absolute Gasteiger partial charge is 0.495 e.